The summed E-state index contributed by atoms with van der Waals surface area (Å²) in [6, 6.07) is 7.02. The Kier molecular flexibility index (Phi) is 3.50. The second-order valence-electron chi connectivity index (χ2n) is 4.78. The minimum absolute atomic E-state index is 0.309. The summed E-state index contributed by atoms with van der Waals surface area (Å²) in [5, 5.41) is 20.1. The summed E-state index contributed by atoms with van der Waals surface area (Å²) in [5.74, 6) is 0.0539. The Morgan fingerprint density at radius 3 is 2.83 bits per heavy atom. The van der Waals surface area contributed by atoms with Gasteiger partial charge in [-0.15, -0.1) is 0 Å². The lowest BCUT2D eigenvalue weighted by atomic mass is 10.0. The number of nitrogens with zero attached hydrogens (tertiary/aromatic N) is 1. The molecule has 0 aliphatic rings. The third-order valence-electron chi connectivity index (χ3n) is 2.79. The number of H-pyrrole nitrogens is 1. The summed E-state index contributed by atoms with van der Waals surface area (Å²) in [5.41, 5.74) is 0.897. The van der Waals surface area contributed by atoms with Gasteiger partial charge in [-0.3, -0.25) is 5.10 Å². The first-order valence-corrected chi connectivity index (χ1v) is 6.00. The molecule has 0 radical (unpaired) electrons. The fourth-order valence-corrected chi connectivity index (χ4v) is 1.93. The molecule has 3 N–H and O–H groups in total. The molecule has 0 fully saturated rings. The molecular formula is C13H17N3O2. The molecule has 0 bridgehead atoms. The average molecular weight is 247 g/mol. The number of fused-ring (bicyclic) bond motifs is 1. The number of rotatable bonds is 5. The van der Waals surface area contributed by atoms with E-state index < -0.39 is 12.0 Å². The first-order chi connectivity index (χ1) is 8.58. The number of nitrogens with one attached hydrogen (secondary N) is 2. The summed E-state index contributed by atoms with van der Waals surface area (Å²) < 4.78 is 0. The highest BCUT2D eigenvalue weighted by Gasteiger charge is 2.20. The van der Waals surface area contributed by atoms with E-state index in [1.807, 2.05) is 38.1 Å². The minimum Gasteiger partial charge on any atom is -0.480 e. The molecule has 1 unspecified atom stereocenters. The van der Waals surface area contributed by atoms with Crippen LogP contribution in [-0.4, -0.2) is 27.3 Å². The van der Waals surface area contributed by atoms with Crippen LogP contribution in [0.1, 0.15) is 20.3 Å². The van der Waals surface area contributed by atoms with Crippen molar-refractivity contribution < 1.29 is 9.90 Å². The maximum Gasteiger partial charge on any atom is 0.326 e. The van der Waals surface area contributed by atoms with E-state index in [1.54, 1.807) is 0 Å². The minimum atomic E-state index is -0.851. The number of benzene rings is 1. The van der Waals surface area contributed by atoms with Gasteiger partial charge in [-0.25, -0.2) is 4.79 Å². The van der Waals surface area contributed by atoms with Gasteiger partial charge < -0.3 is 10.4 Å². The lowest BCUT2D eigenvalue weighted by molar-refractivity contribution is -0.138. The van der Waals surface area contributed by atoms with E-state index in [0.717, 1.165) is 10.9 Å². The molecule has 0 spiro atoms. The molecule has 0 saturated heterocycles. The van der Waals surface area contributed by atoms with Crippen LogP contribution in [0.3, 0.4) is 0 Å². The van der Waals surface area contributed by atoms with Crippen molar-refractivity contribution >= 4 is 22.7 Å². The van der Waals surface area contributed by atoms with Gasteiger partial charge in [0.05, 0.1) is 5.52 Å². The quantitative estimate of drug-likeness (QED) is 0.758. The van der Waals surface area contributed by atoms with Crippen LogP contribution in [-0.2, 0) is 4.79 Å². The maximum atomic E-state index is 11.2. The van der Waals surface area contributed by atoms with Crippen molar-refractivity contribution in [3.8, 4) is 0 Å². The van der Waals surface area contributed by atoms with E-state index in [1.165, 1.54) is 0 Å². The lowest BCUT2D eigenvalue weighted by Crippen LogP contribution is -2.30. The number of carboxylic acids is 1. The number of aromatic amines is 1. The zero-order valence-electron chi connectivity index (χ0n) is 10.5. The molecule has 1 atom stereocenters. The predicted octanol–water partition coefficient (Wildman–Crippen LogP) is 2.47. The molecule has 2 rings (SSSR count). The largest absolute Gasteiger partial charge is 0.480 e. The summed E-state index contributed by atoms with van der Waals surface area (Å²) >= 11 is 0. The number of hydrogen-bond acceptors (Lipinski definition) is 3. The average Bonchev–Trinajstić information content (AvgIpc) is 2.71. The van der Waals surface area contributed by atoms with Crippen LogP contribution in [0.15, 0.2) is 24.3 Å². The number of aromatic nitrogens is 2. The predicted molar refractivity (Wildman–Crippen MR) is 70.6 cm³/mol. The van der Waals surface area contributed by atoms with Gasteiger partial charge in [-0.2, -0.15) is 5.10 Å². The van der Waals surface area contributed by atoms with E-state index in [4.69, 9.17) is 0 Å². The van der Waals surface area contributed by atoms with Gasteiger partial charge in [-0.05, 0) is 24.5 Å². The van der Waals surface area contributed by atoms with Gasteiger partial charge in [-0.1, -0.05) is 26.0 Å². The van der Waals surface area contributed by atoms with Crippen molar-refractivity contribution in [2.75, 3.05) is 5.32 Å². The second kappa shape index (κ2) is 5.08. The SMILES string of the molecule is CC(C)CC(Nc1n[nH]c2ccccc12)C(=O)O. The molecule has 0 amide bonds. The van der Waals surface area contributed by atoms with Crippen LogP contribution in [0.5, 0.6) is 0 Å². The lowest BCUT2D eigenvalue weighted by Gasteiger charge is -2.16. The molecule has 5 nitrogen and oxygen atoms in total. The van der Waals surface area contributed by atoms with Crippen molar-refractivity contribution in [1.82, 2.24) is 10.2 Å². The van der Waals surface area contributed by atoms with Crippen molar-refractivity contribution in [2.45, 2.75) is 26.3 Å². The molecule has 0 saturated carbocycles. The Hall–Kier alpha value is -2.04. The van der Waals surface area contributed by atoms with Gasteiger partial charge in [0.25, 0.3) is 0 Å². The fraction of sp³-hybridized carbons (Fsp3) is 0.385. The zero-order chi connectivity index (χ0) is 13.1. The molecule has 1 heterocycles. The number of anilines is 1. The highest BCUT2D eigenvalue weighted by atomic mass is 16.4. The summed E-state index contributed by atoms with van der Waals surface area (Å²) in [7, 11) is 0. The Bertz CT molecular complexity index is 548. The summed E-state index contributed by atoms with van der Waals surface area (Å²) in [6.45, 7) is 4.00. The second-order valence-corrected chi connectivity index (χ2v) is 4.78. The summed E-state index contributed by atoms with van der Waals surface area (Å²) in [4.78, 5) is 11.2. The normalized spacial score (nSPS) is 12.8. The van der Waals surface area contributed by atoms with E-state index >= 15 is 0 Å². The zero-order valence-corrected chi connectivity index (χ0v) is 10.5. The first kappa shape index (κ1) is 12.4. The van der Waals surface area contributed by atoms with Gasteiger partial charge in [0, 0.05) is 5.39 Å². The Morgan fingerprint density at radius 2 is 2.17 bits per heavy atom. The van der Waals surface area contributed by atoms with Gasteiger partial charge in [0.2, 0.25) is 0 Å². The first-order valence-electron chi connectivity index (χ1n) is 6.00. The van der Waals surface area contributed by atoms with E-state index in [2.05, 4.69) is 15.5 Å². The number of para-hydroxylation sites is 1. The topological polar surface area (TPSA) is 78.0 Å². The van der Waals surface area contributed by atoms with Crippen LogP contribution >= 0.6 is 0 Å². The number of aliphatic carboxylic acids is 1. The van der Waals surface area contributed by atoms with Crippen molar-refractivity contribution in [3.05, 3.63) is 24.3 Å². The summed E-state index contributed by atoms with van der Waals surface area (Å²) in [6.07, 6.45) is 0.566. The Labute approximate surface area is 105 Å². The molecule has 18 heavy (non-hydrogen) atoms. The number of carbonyl (C=O) groups is 1. The van der Waals surface area contributed by atoms with Crippen LogP contribution in [0.4, 0.5) is 5.82 Å². The molecule has 5 heteroatoms. The van der Waals surface area contributed by atoms with Crippen LogP contribution in [0.25, 0.3) is 10.9 Å². The smallest absolute Gasteiger partial charge is 0.326 e. The molecule has 0 aliphatic heterocycles. The molecule has 0 aliphatic carbocycles. The van der Waals surface area contributed by atoms with Crippen LogP contribution in [0, 0.1) is 5.92 Å². The van der Waals surface area contributed by atoms with E-state index in [-0.39, 0.29) is 0 Å². The molecule has 1 aromatic carbocycles. The fourth-order valence-electron chi connectivity index (χ4n) is 1.93. The third kappa shape index (κ3) is 2.61. The Balaban J connectivity index is 2.23. The molecule has 1 aromatic heterocycles. The highest BCUT2D eigenvalue weighted by Crippen LogP contribution is 2.21. The van der Waals surface area contributed by atoms with E-state index in [9.17, 15) is 9.90 Å². The third-order valence-corrected chi connectivity index (χ3v) is 2.79. The maximum absolute atomic E-state index is 11.2. The highest BCUT2D eigenvalue weighted by molar-refractivity contribution is 5.91. The van der Waals surface area contributed by atoms with E-state index in [0.29, 0.717) is 18.2 Å². The van der Waals surface area contributed by atoms with Crippen molar-refractivity contribution in [3.63, 3.8) is 0 Å². The standard InChI is InChI=1S/C13H17N3O2/c1-8(2)7-11(13(17)18)14-12-9-5-3-4-6-10(9)15-16-12/h3-6,8,11H,7H2,1-2H3,(H,17,18)(H2,14,15,16). The van der Waals surface area contributed by atoms with Gasteiger partial charge >= 0.3 is 5.97 Å². The van der Waals surface area contributed by atoms with Gasteiger partial charge in [0.1, 0.15) is 6.04 Å². The number of hydrogen-bond donors (Lipinski definition) is 3. The van der Waals surface area contributed by atoms with Crippen LogP contribution in [0.2, 0.25) is 0 Å². The van der Waals surface area contributed by atoms with Crippen molar-refractivity contribution in [2.24, 2.45) is 5.92 Å². The molecule has 96 valence electrons. The van der Waals surface area contributed by atoms with Crippen LogP contribution < -0.4 is 5.32 Å². The molecular weight excluding hydrogens is 230 g/mol. The monoisotopic (exact) mass is 247 g/mol. The Morgan fingerprint density at radius 1 is 1.44 bits per heavy atom. The van der Waals surface area contributed by atoms with Gasteiger partial charge in [0.15, 0.2) is 5.82 Å². The molecule has 2 aromatic rings. The number of carboxylic acid groups (broad SMARTS) is 1. The van der Waals surface area contributed by atoms with Crippen molar-refractivity contribution in [1.29, 1.82) is 0 Å².